The average molecular weight is 264 g/mol. The van der Waals surface area contributed by atoms with Gasteiger partial charge in [0.15, 0.2) is 0 Å². The van der Waals surface area contributed by atoms with Crippen LogP contribution in [0.4, 0.5) is 11.6 Å². The number of nitrogen functional groups attached to an aromatic ring is 1. The molecule has 0 saturated heterocycles. The SMILES string of the molecule is CC(C)N(CCO)c1nc(N)c(Cl)cc1Cl. The standard InChI is InChI=1S/C10H15Cl2N3O/c1-6(2)15(3-4-16)10-8(12)5-7(11)9(13)14-10/h5-6,16H,3-4H2,1-2H3,(H2,13,14). The van der Waals surface area contributed by atoms with Gasteiger partial charge in [0.2, 0.25) is 0 Å². The minimum absolute atomic E-state index is 0.0265. The first kappa shape index (κ1) is 13.4. The van der Waals surface area contributed by atoms with Crippen LogP contribution in [0.5, 0.6) is 0 Å². The van der Waals surface area contributed by atoms with Crippen molar-refractivity contribution < 1.29 is 5.11 Å². The van der Waals surface area contributed by atoms with Crippen LogP contribution in [0.3, 0.4) is 0 Å². The van der Waals surface area contributed by atoms with E-state index in [1.165, 1.54) is 0 Å². The second-order valence-corrected chi connectivity index (χ2v) is 4.49. The number of hydrogen-bond acceptors (Lipinski definition) is 4. The topological polar surface area (TPSA) is 62.4 Å². The number of nitrogens with two attached hydrogens (primary N) is 1. The molecular weight excluding hydrogens is 249 g/mol. The van der Waals surface area contributed by atoms with Crippen LogP contribution in [0.2, 0.25) is 10.0 Å². The number of hydrogen-bond donors (Lipinski definition) is 2. The van der Waals surface area contributed by atoms with Crippen molar-refractivity contribution in [2.75, 3.05) is 23.8 Å². The van der Waals surface area contributed by atoms with Crippen LogP contribution in [-0.2, 0) is 0 Å². The van der Waals surface area contributed by atoms with E-state index in [9.17, 15) is 0 Å². The highest BCUT2D eigenvalue weighted by Crippen LogP contribution is 2.30. The van der Waals surface area contributed by atoms with Gasteiger partial charge in [-0.15, -0.1) is 0 Å². The Labute approximate surface area is 105 Å². The first-order valence-electron chi connectivity index (χ1n) is 4.96. The second kappa shape index (κ2) is 5.57. The predicted molar refractivity (Wildman–Crippen MR) is 68.2 cm³/mol. The summed E-state index contributed by atoms with van der Waals surface area (Å²) in [5, 5.41) is 9.76. The molecule has 3 N–H and O–H groups in total. The quantitative estimate of drug-likeness (QED) is 0.874. The second-order valence-electron chi connectivity index (χ2n) is 3.67. The van der Waals surface area contributed by atoms with Crippen LogP contribution in [0.25, 0.3) is 0 Å². The summed E-state index contributed by atoms with van der Waals surface area (Å²) in [4.78, 5) is 6.01. The summed E-state index contributed by atoms with van der Waals surface area (Å²) in [5.74, 6) is 0.789. The number of aromatic nitrogens is 1. The Bertz CT molecular complexity index is 371. The van der Waals surface area contributed by atoms with Crippen molar-refractivity contribution in [3.05, 3.63) is 16.1 Å². The molecule has 1 rings (SSSR count). The van der Waals surface area contributed by atoms with Crippen molar-refractivity contribution in [2.24, 2.45) is 0 Å². The van der Waals surface area contributed by atoms with Crippen LogP contribution >= 0.6 is 23.2 Å². The van der Waals surface area contributed by atoms with Crippen molar-refractivity contribution in [3.8, 4) is 0 Å². The Hall–Kier alpha value is -0.710. The van der Waals surface area contributed by atoms with Crippen molar-refractivity contribution in [1.82, 2.24) is 4.98 Å². The molecule has 0 atom stereocenters. The number of nitrogens with zero attached hydrogens (tertiary/aromatic N) is 2. The Balaban J connectivity index is 3.13. The zero-order valence-corrected chi connectivity index (χ0v) is 10.8. The maximum absolute atomic E-state index is 8.99. The summed E-state index contributed by atoms with van der Waals surface area (Å²) >= 11 is 11.9. The lowest BCUT2D eigenvalue weighted by Crippen LogP contribution is -2.34. The zero-order valence-electron chi connectivity index (χ0n) is 9.24. The summed E-state index contributed by atoms with van der Waals surface area (Å²) in [5.41, 5.74) is 5.63. The first-order chi connectivity index (χ1) is 7.47. The van der Waals surface area contributed by atoms with Crippen molar-refractivity contribution >= 4 is 34.8 Å². The molecule has 0 unspecified atom stereocenters. The molecule has 0 radical (unpaired) electrons. The number of pyridine rings is 1. The minimum atomic E-state index is 0.0265. The van der Waals surface area contributed by atoms with Crippen LogP contribution in [0.1, 0.15) is 13.8 Å². The number of rotatable bonds is 4. The predicted octanol–water partition coefficient (Wildman–Crippen LogP) is 2.18. The lowest BCUT2D eigenvalue weighted by molar-refractivity contribution is 0.298. The lowest BCUT2D eigenvalue weighted by Gasteiger charge is -2.28. The molecule has 0 bridgehead atoms. The van der Waals surface area contributed by atoms with E-state index in [4.69, 9.17) is 34.0 Å². The van der Waals surface area contributed by atoms with Gasteiger partial charge in [0, 0.05) is 12.6 Å². The molecule has 0 saturated carbocycles. The summed E-state index contributed by atoms with van der Waals surface area (Å²) in [6, 6.07) is 1.73. The summed E-state index contributed by atoms with van der Waals surface area (Å²) in [6.45, 7) is 4.45. The van der Waals surface area contributed by atoms with Gasteiger partial charge in [-0.05, 0) is 19.9 Å². The van der Waals surface area contributed by atoms with Crippen molar-refractivity contribution in [3.63, 3.8) is 0 Å². The molecule has 0 fully saturated rings. The van der Waals surface area contributed by atoms with E-state index >= 15 is 0 Å². The van der Waals surface area contributed by atoms with Crippen molar-refractivity contribution in [2.45, 2.75) is 19.9 Å². The highest BCUT2D eigenvalue weighted by Gasteiger charge is 2.16. The molecule has 6 heteroatoms. The van der Waals surface area contributed by atoms with Gasteiger partial charge in [-0.3, -0.25) is 0 Å². The molecular formula is C10H15Cl2N3O. The van der Waals surface area contributed by atoms with E-state index in [0.717, 1.165) is 0 Å². The smallest absolute Gasteiger partial charge is 0.150 e. The normalized spacial score (nSPS) is 10.9. The Morgan fingerprint density at radius 1 is 1.44 bits per heavy atom. The number of aliphatic hydroxyl groups excluding tert-OH is 1. The van der Waals surface area contributed by atoms with Gasteiger partial charge >= 0.3 is 0 Å². The summed E-state index contributed by atoms with van der Waals surface area (Å²) < 4.78 is 0. The third-order valence-electron chi connectivity index (χ3n) is 2.17. The third kappa shape index (κ3) is 2.90. The molecule has 1 aromatic rings. The van der Waals surface area contributed by atoms with Gasteiger partial charge in [-0.2, -0.15) is 0 Å². The fraction of sp³-hybridized carbons (Fsp3) is 0.500. The van der Waals surface area contributed by atoms with E-state index in [-0.39, 0.29) is 18.5 Å². The van der Waals surface area contributed by atoms with E-state index < -0.39 is 0 Å². The zero-order chi connectivity index (χ0) is 12.3. The van der Waals surface area contributed by atoms with E-state index in [2.05, 4.69) is 4.98 Å². The highest BCUT2D eigenvalue weighted by atomic mass is 35.5. The maximum Gasteiger partial charge on any atom is 0.150 e. The largest absolute Gasteiger partial charge is 0.395 e. The fourth-order valence-electron chi connectivity index (χ4n) is 1.39. The maximum atomic E-state index is 8.99. The van der Waals surface area contributed by atoms with Gasteiger partial charge in [0.25, 0.3) is 0 Å². The molecule has 0 aliphatic carbocycles. The molecule has 0 aromatic carbocycles. The third-order valence-corrected chi connectivity index (χ3v) is 2.76. The minimum Gasteiger partial charge on any atom is -0.395 e. The molecule has 90 valence electrons. The molecule has 4 nitrogen and oxygen atoms in total. The van der Waals surface area contributed by atoms with Gasteiger partial charge < -0.3 is 15.7 Å². The molecule has 0 aliphatic rings. The first-order valence-corrected chi connectivity index (χ1v) is 5.72. The van der Waals surface area contributed by atoms with Gasteiger partial charge in [0.05, 0.1) is 16.7 Å². The Morgan fingerprint density at radius 3 is 2.56 bits per heavy atom. The molecule has 16 heavy (non-hydrogen) atoms. The molecule has 0 aliphatic heterocycles. The number of halogens is 2. The molecule has 0 spiro atoms. The molecule has 1 aromatic heterocycles. The van der Waals surface area contributed by atoms with Crippen LogP contribution in [0.15, 0.2) is 6.07 Å². The van der Waals surface area contributed by atoms with E-state index in [0.29, 0.717) is 22.4 Å². The summed E-state index contributed by atoms with van der Waals surface area (Å²) in [7, 11) is 0. The van der Waals surface area contributed by atoms with Gasteiger partial charge in [-0.1, -0.05) is 23.2 Å². The highest BCUT2D eigenvalue weighted by molar-refractivity contribution is 6.37. The van der Waals surface area contributed by atoms with Gasteiger partial charge in [-0.25, -0.2) is 4.98 Å². The van der Waals surface area contributed by atoms with Crippen LogP contribution in [-0.4, -0.2) is 29.3 Å². The monoisotopic (exact) mass is 263 g/mol. The van der Waals surface area contributed by atoms with Crippen molar-refractivity contribution in [1.29, 1.82) is 0 Å². The summed E-state index contributed by atoms with van der Waals surface area (Å²) in [6.07, 6.45) is 0. The lowest BCUT2D eigenvalue weighted by atomic mass is 10.3. The van der Waals surface area contributed by atoms with E-state index in [1.807, 2.05) is 18.7 Å². The Morgan fingerprint density at radius 2 is 2.06 bits per heavy atom. The molecule has 0 amide bonds. The fourth-order valence-corrected chi connectivity index (χ4v) is 1.86. The Kier molecular flexibility index (Phi) is 4.65. The van der Waals surface area contributed by atoms with Crippen LogP contribution < -0.4 is 10.6 Å². The van der Waals surface area contributed by atoms with Gasteiger partial charge in [0.1, 0.15) is 11.6 Å². The van der Waals surface area contributed by atoms with E-state index in [1.54, 1.807) is 6.07 Å². The van der Waals surface area contributed by atoms with Crippen LogP contribution in [0, 0.1) is 0 Å². The number of aliphatic hydroxyl groups is 1. The number of anilines is 2. The average Bonchev–Trinajstić information content (AvgIpc) is 2.20. The molecule has 1 heterocycles.